The predicted molar refractivity (Wildman–Crippen MR) is 81.5 cm³/mol. The van der Waals surface area contributed by atoms with Gasteiger partial charge in [-0.25, -0.2) is 9.97 Å². The lowest BCUT2D eigenvalue weighted by Crippen LogP contribution is -2.32. The molecule has 0 aromatic carbocycles. The molecule has 0 saturated carbocycles. The molecule has 1 aliphatic heterocycles. The van der Waals surface area contributed by atoms with Gasteiger partial charge in [0.2, 0.25) is 0 Å². The average molecular weight is 309 g/mol. The quantitative estimate of drug-likeness (QED) is 0.783. The van der Waals surface area contributed by atoms with Gasteiger partial charge in [-0.05, 0) is 13.3 Å². The third-order valence-electron chi connectivity index (χ3n) is 3.01. The molecule has 19 heavy (non-hydrogen) atoms. The number of aliphatic hydroxyl groups excluding tert-OH is 1. The van der Waals surface area contributed by atoms with Crippen LogP contribution in [-0.2, 0) is 6.42 Å². The SMILES string of the molecule is CCCc1cnc(C)nc1N[C@@H]1CNC[C@H]1O.Cl.Cl. The van der Waals surface area contributed by atoms with Crippen molar-refractivity contribution in [2.75, 3.05) is 18.4 Å². The standard InChI is InChI=1S/C12H20N4O.2ClH/c1-3-4-9-5-14-8(2)15-12(9)16-10-6-13-7-11(10)17;;/h5,10-11,13,17H,3-4,6-7H2,1-2H3,(H,14,15,16);2*1H/t10-,11-;;/m1../s1. The van der Waals surface area contributed by atoms with E-state index in [2.05, 4.69) is 27.5 Å². The number of aryl methyl sites for hydroxylation is 2. The highest BCUT2D eigenvalue weighted by molar-refractivity contribution is 5.85. The molecule has 1 aromatic rings. The maximum Gasteiger partial charge on any atom is 0.133 e. The van der Waals surface area contributed by atoms with E-state index in [9.17, 15) is 5.11 Å². The Bertz CT molecular complexity index is 392. The summed E-state index contributed by atoms with van der Waals surface area (Å²) in [6.07, 6.45) is 3.55. The van der Waals surface area contributed by atoms with Gasteiger partial charge >= 0.3 is 0 Å². The lowest BCUT2D eigenvalue weighted by molar-refractivity contribution is 0.185. The fraction of sp³-hybridized carbons (Fsp3) is 0.667. The van der Waals surface area contributed by atoms with Crippen molar-refractivity contribution in [1.29, 1.82) is 0 Å². The zero-order valence-corrected chi connectivity index (χ0v) is 12.9. The van der Waals surface area contributed by atoms with E-state index in [4.69, 9.17) is 0 Å². The van der Waals surface area contributed by atoms with Crippen molar-refractivity contribution in [2.24, 2.45) is 0 Å². The van der Waals surface area contributed by atoms with Crippen LogP contribution in [0.5, 0.6) is 0 Å². The first-order chi connectivity index (χ1) is 8.20. The summed E-state index contributed by atoms with van der Waals surface area (Å²) in [7, 11) is 0. The van der Waals surface area contributed by atoms with Crippen molar-refractivity contribution in [3.63, 3.8) is 0 Å². The Hall–Kier alpha value is -0.620. The average Bonchev–Trinajstić information content (AvgIpc) is 2.69. The van der Waals surface area contributed by atoms with E-state index in [1.807, 2.05) is 13.1 Å². The van der Waals surface area contributed by atoms with Crippen LogP contribution in [0.3, 0.4) is 0 Å². The molecule has 2 rings (SSSR count). The highest BCUT2D eigenvalue weighted by Crippen LogP contribution is 2.16. The van der Waals surface area contributed by atoms with Crippen LogP contribution in [0.25, 0.3) is 0 Å². The Balaban J connectivity index is 0.00000162. The van der Waals surface area contributed by atoms with E-state index < -0.39 is 0 Å². The molecular formula is C12H22Cl2N4O. The van der Waals surface area contributed by atoms with E-state index in [0.29, 0.717) is 6.54 Å². The minimum atomic E-state index is -0.347. The number of aromatic nitrogens is 2. The van der Waals surface area contributed by atoms with Crippen LogP contribution in [0.15, 0.2) is 6.20 Å². The number of nitrogens with one attached hydrogen (secondary N) is 2. The summed E-state index contributed by atoms with van der Waals surface area (Å²) in [5.74, 6) is 1.62. The summed E-state index contributed by atoms with van der Waals surface area (Å²) >= 11 is 0. The fourth-order valence-electron chi connectivity index (χ4n) is 2.06. The maximum atomic E-state index is 9.77. The van der Waals surface area contributed by atoms with E-state index >= 15 is 0 Å². The van der Waals surface area contributed by atoms with Crippen LogP contribution in [0, 0.1) is 6.92 Å². The second-order valence-corrected chi connectivity index (χ2v) is 4.52. The Morgan fingerprint density at radius 1 is 1.42 bits per heavy atom. The van der Waals surface area contributed by atoms with E-state index in [0.717, 1.165) is 36.6 Å². The molecule has 0 unspecified atom stereocenters. The van der Waals surface area contributed by atoms with Gasteiger partial charge in [-0.15, -0.1) is 24.8 Å². The first kappa shape index (κ1) is 18.4. The number of hydrogen-bond acceptors (Lipinski definition) is 5. The molecular weight excluding hydrogens is 287 g/mol. The van der Waals surface area contributed by atoms with Gasteiger partial charge in [0.1, 0.15) is 11.6 Å². The third kappa shape index (κ3) is 4.76. The molecule has 1 aliphatic rings. The van der Waals surface area contributed by atoms with E-state index in [-0.39, 0.29) is 37.0 Å². The number of hydrogen-bond donors (Lipinski definition) is 3. The van der Waals surface area contributed by atoms with Gasteiger partial charge in [0.15, 0.2) is 0 Å². The summed E-state index contributed by atoms with van der Waals surface area (Å²) < 4.78 is 0. The number of halogens is 2. The van der Waals surface area contributed by atoms with Crippen molar-refractivity contribution in [3.8, 4) is 0 Å². The molecule has 1 aromatic heterocycles. The van der Waals surface area contributed by atoms with E-state index in [1.165, 1.54) is 0 Å². The van der Waals surface area contributed by atoms with Crippen molar-refractivity contribution in [2.45, 2.75) is 38.8 Å². The third-order valence-corrected chi connectivity index (χ3v) is 3.01. The first-order valence-electron chi connectivity index (χ1n) is 6.18. The van der Waals surface area contributed by atoms with Gasteiger partial charge in [-0.1, -0.05) is 13.3 Å². The molecule has 0 aliphatic carbocycles. The van der Waals surface area contributed by atoms with Gasteiger partial charge in [0.05, 0.1) is 12.1 Å². The molecule has 7 heteroatoms. The molecule has 110 valence electrons. The maximum absolute atomic E-state index is 9.77. The lowest BCUT2D eigenvalue weighted by atomic mass is 10.1. The molecule has 3 N–H and O–H groups in total. The number of aliphatic hydroxyl groups is 1. The highest BCUT2D eigenvalue weighted by Gasteiger charge is 2.25. The smallest absolute Gasteiger partial charge is 0.133 e. The molecule has 2 atom stereocenters. The molecule has 2 heterocycles. The minimum Gasteiger partial charge on any atom is -0.390 e. The Kier molecular flexibility index (Phi) is 8.25. The Morgan fingerprint density at radius 3 is 2.74 bits per heavy atom. The molecule has 1 fully saturated rings. The minimum absolute atomic E-state index is 0. The zero-order chi connectivity index (χ0) is 12.3. The number of nitrogens with zero attached hydrogens (tertiary/aromatic N) is 2. The molecule has 0 bridgehead atoms. The van der Waals surface area contributed by atoms with Gasteiger partial charge in [0.25, 0.3) is 0 Å². The zero-order valence-electron chi connectivity index (χ0n) is 11.2. The van der Waals surface area contributed by atoms with Crippen molar-refractivity contribution in [3.05, 3.63) is 17.6 Å². The molecule has 0 amide bonds. The molecule has 0 radical (unpaired) electrons. The van der Waals surface area contributed by atoms with Gasteiger partial charge in [-0.3, -0.25) is 0 Å². The largest absolute Gasteiger partial charge is 0.390 e. The van der Waals surface area contributed by atoms with Crippen molar-refractivity contribution < 1.29 is 5.11 Å². The summed E-state index contributed by atoms with van der Waals surface area (Å²) in [5, 5.41) is 16.2. The second-order valence-electron chi connectivity index (χ2n) is 4.52. The van der Waals surface area contributed by atoms with Crippen LogP contribution < -0.4 is 10.6 Å². The summed E-state index contributed by atoms with van der Waals surface area (Å²) in [6.45, 7) is 5.43. The number of β-amino-alcohol motifs (C(OH)–C–C–N with tert-alkyl or cyclic N) is 1. The molecule has 5 nitrogen and oxygen atoms in total. The van der Waals surface area contributed by atoms with Crippen LogP contribution in [0.4, 0.5) is 5.82 Å². The van der Waals surface area contributed by atoms with Crippen LogP contribution >= 0.6 is 24.8 Å². The van der Waals surface area contributed by atoms with Gasteiger partial charge < -0.3 is 15.7 Å². The predicted octanol–water partition coefficient (Wildman–Crippen LogP) is 1.33. The summed E-state index contributed by atoms with van der Waals surface area (Å²) in [5.41, 5.74) is 1.12. The normalized spacial score (nSPS) is 21.4. The molecule has 1 saturated heterocycles. The lowest BCUT2D eigenvalue weighted by Gasteiger charge is -2.18. The fourth-order valence-corrected chi connectivity index (χ4v) is 2.06. The topological polar surface area (TPSA) is 70.1 Å². The monoisotopic (exact) mass is 308 g/mol. The van der Waals surface area contributed by atoms with Gasteiger partial charge in [-0.2, -0.15) is 0 Å². The van der Waals surface area contributed by atoms with Gasteiger partial charge in [0, 0.05) is 24.8 Å². The summed E-state index contributed by atoms with van der Waals surface area (Å²) in [6, 6.07) is 0.0416. The first-order valence-corrected chi connectivity index (χ1v) is 6.18. The highest BCUT2D eigenvalue weighted by atomic mass is 35.5. The Labute approximate surface area is 126 Å². The number of anilines is 1. The second kappa shape index (κ2) is 8.53. The van der Waals surface area contributed by atoms with Crippen LogP contribution in [0.2, 0.25) is 0 Å². The van der Waals surface area contributed by atoms with Crippen molar-refractivity contribution >= 4 is 30.6 Å². The van der Waals surface area contributed by atoms with E-state index in [1.54, 1.807) is 0 Å². The van der Waals surface area contributed by atoms with Crippen LogP contribution in [0.1, 0.15) is 24.7 Å². The number of rotatable bonds is 4. The summed E-state index contributed by atoms with van der Waals surface area (Å²) in [4.78, 5) is 8.65. The Morgan fingerprint density at radius 2 is 2.16 bits per heavy atom. The molecule has 0 spiro atoms. The van der Waals surface area contributed by atoms with Crippen molar-refractivity contribution in [1.82, 2.24) is 15.3 Å². The van der Waals surface area contributed by atoms with Crippen LogP contribution in [-0.4, -0.2) is 40.3 Å².